The Morgan fingerprint density at radius 3 is 2.52 bits per heavy atom. The van der Waals surface area contributed by atoms with E-state index in [1.165, 1.54) is 7.05 Å². The first-order chi connectivity index (χ1) is 14.8. The van der Waals surface area contributed by atoms with Gasteiger partial charge in [-0.3, -0.25) is 4.79 Å². The number of esters is 2. The lowest BCUT2D eigenvalue weighted by Gasteiger charge is -2.29. The second-order valence-corrected chi connectivity index (χ2v) is 7.17. The molecule has 0 radical (unpaired) electrons. The maximum Gasteiger partial charge on any atom is 0.354 e. The van der Waals surface area contributed by atoms with Gasteiger partial charge in [-0.25, -0.2) is 19.4 Å². The van der Waals surface area contributed by atoms with Crippen molar-refractivity contribution in [2.24, 2.45) is 5.10 Å². The molecule has 1 atom stereocenters. The highest BCUT2D eigenvalue weighted by atomic mass is 35.5. The molecule has 0 aromatic heterocycles. The summed E-state index contributed by atoms with van der Waals surface area (Å²) >= 11 is 5.94. The van der Waals surface area contributed by atoms with Crippen LogP contribution >= 0.6 is 11.6 Å². The Morgan fingerprint density at radius 1 is 1.16 bits per heavy atom. The fourth-order valence-corrected chi connectivity index (χ4v) is 3.25. The van der Waals surface area contributed by atoms with Gasteiger partial charge in [-0.15, -0.1) is 0 Å². The normalized spacial score (nSPS) is 18.7. The van der Waals surface area contributed by atoms with Crippen molar-refractivity contribution in [1.29, 1.82) is 0 Å². The smallest absolute Gasteiger partial charge is 0.354 e. The van der Waals surface area contributed by atoms with Gasteiger partial charge in [-0.1, -0.05) is 23.7 Å². The Morgan fingerprint density at radius 2 is 1.87 bits per heavy atom. The lowest BCUT2D eigenvalue weighted by atomic mass is 9.95. The summed E-state index contributed by atoms with van der Waals surface area (Å²) in [4.78, 5) is 48.8. The fourth-order valence-electron chi connectivity index (χ4n) is 3.12. The number of rotatable bonds is 6. The second-order valence-electron chi connectivity index (χ2n) is 6.74. The second kappa shape index (κ2) is 9.61. The van der Waals surface area contributed by atoms with Gasteiger partial charge in [-0.05, 0) is 24.6 Å². The van der Waals surface area contributed by atoms with Gasteiger partial charge in [0.1, 0.15) is 12.3 Å². The van der Waals surface area contributed by atoms with Crippen LogP contribution in [0, 0.1) is 0 Å². The first kappa shape index (κ1) is 22.3. The Balaban J connectivity index is 1.88. The summed E-state index contributed by atoms with van der Waals surface area (Å²) in [6.45, 7) is 1.39. The number of urea groups is 1. The summed E-state index contributed by atoms with van der Waals surface area (Å²) < 4.78 is 10.4. The minimum absolute atomic E-state index is 0.0786. The highest BCUT2D eigenvalue weighted by Crippen LogP contribution is 2.29. The number of ether oxygens (including phenoxy) is 2. The average molecular weight is 449 g/mol. The van der Waals surface area contributed by atoms with E-state index in [-0.39, 0.29) is 48.9 Å². The topological polar surface area (TPSA) is 126 Å². The summed E-state index contributed by atoms with van der Waals surface area (Å²) in [5.41, 5.74) is 0.878. The summed E-state index contributed by atoms with van der Waals surface area (Å²) in [7, 11) is 1.44. The SMILES string of the molecule is CCOC(=O)C1=C(COC(=O)C2=NN(C)C(=O)CC2)NC(=O)N[C@H]1c1ccc(Cl)cc1. The van der Waals surface area contributed by atoms with E-state index in [9.17, 15) is 19.2 Å². The third kappa shape index (κ3) is 5.21. The van der Waals surface area contributed by atoms with E-state index in [0.29, 0.717) is 10.6 Å². The number of nitrogens with one attached hydrogen (secondary N) is 2. The molecule has 2 aliphatic rings. The van der Waals surface area contributed by atoms with Crippen LogP contribution in [0.3, 0.4) is 0 Å². The molecule has 0 aliphatic carbocycles. The molecule has 3 rings (SSSR count). The Hall–Kier alpha value is -3.40. The molecule has 2 heterocycles. The van der Waals surface area contributed by atoms with Crippen molar-refractivity contribution in [3.05, 3.63) is 46.1 Å². The Kier molecular flexibility index (Phi) is 6.91. The monoisotopic (exact) mass is 448 g/mol. The molecule has 11 heteroatoms. The Bertz CT molecular complexity index is 972. The molecule has 0 fully saturated rings. The van der Waals surface area contributed by atoms with Gasteiger partial charge in [0, 0.05) is 24.9 Å². The van der Waals surface area contributed by atoms with E-state index in [4.69, 9.17) is 21.1 Å². The van der Waals surface area contributed by atoms with E-state index in [2.05, 4.69) is 15.7 Å². The number of halogens is 1. The van der Waals surface area contributed by atoms with Crippen molar-refractivity contribution in [2.75, 3.05) is 20.3 Å². The van der Waals surface area contributed by atoms with Crippen LogP contribution in [-0.4, -0.2) is 54.9 Å². The van der Waals surface area contributed by atoms with Crippen LogP contribution in [0.1, 0.15) is 31.4 Å². The maximum absolute atomic E-state index is 12.7. The first-order valence-corrected chi connectivity index (χ1v) is 9.92. The molecular weight excluding hydrogens is 428 g/mol. The summed E-state index contributed by atoms with van der Waals surface area (Å²) in [5.74, 6) is -1.62. The van der Waals surface area contributed by atoms with Crippen LogP contribution in [0.5, 0.6) is 0 Å². The van der Waals surface area contributed by atoms with Gasteiger partial charge < -0.3 is 20.1 Å². The van der Waals surface area contributed by atoms with Crippen molar-refractivity contribution in [1.82, 2.24) is 15.6 Å². The minimum atomic E-state index is -0.824. The van der Waals surface area contributed by atoms with Gasteiger partial charge in [0.15, 0.2) is 0 Å². The van der Waals surface area contributed by atoms with E-state index >= 15 is 0 Å². The lowest BCUT2D eigenvalue weighted by Crippen LogP contribution is -2.47. The van der Waals surface area contributed by atoms with E-state index in [1.807, 2.05) is 0 Å². The molecule has 10 nitrogen and oxygen atoms in total. The van der Waals surface area contributed by atoms with Crippen LogP contribution in [0.25, 0.3) is 0 Å². The number of carbonyl (C=O) groups excluding carboxylic acids is 4. The molecule has 1 aromatic carbocycles. The zero-order valence-electron chi connectivity index (χ0n) is 16.9. The highest BCUT2D eigenvalue weighted by molar-refractivity contribution is 6.37. The number of hydrogen-bond donors (Lipinski definition) is 2. The molecule has 2 N–H and O–H groups in total. The van der Waals surface area contributed by atoms with Gasteiger partial charge in [0.05, 0.1) is 23.9 Å². The number of nitrogens with zero attached hydrogens (tertiary/aromatic N) is 2. The number of carbonyl (C=O) groups is 4. The molecule has 2 aliphatic heterocycles. The van der Waals surface area contributed by atoms with Crippen molar-refractivity contribution in [3.8, 4) is 0 Å². The van der Waals surface area contributed by atoms with E-state index < -0.39 is 24.0 Å². The standard InChI is InChI=1S/C20H21ClN4O6/c1-3-30-19(28)16-14(10-31-18(27)13-8-9-15(26)25(2)24-13)22-20(29)23-17(16)11-4-6-12(21)7-5-11/h4-7,17H,3,8-10H2,1-2H3,(H2,22,23,29)/t17-/m0/s1. The maximum atomic E-state index is 12.7. The largest absolute Gasteiger partial charge is 0.463 e. The minimum Gasteiger partial charge on any atom is -0.463 e. The van der Waals surface area contributed by atoms with Crippen molar-refractivity contribution in [2.45, 2.75) is 25.8 Å². The van der Waals surface area contributed by atoms with Crippen LogP contribution in [0.15, 0.2) is 40.6 Å². The van der Waals surface area contributed by atoms with Gasteiger partial charge in [0.2, 0.25) is 5.91 Å². The molecule has 1 aromatic rings. The molecular formula is C20H21ClN4O6. The predicted octanol–water partition coefficient (Wildman–Crippen LogP) is 1.66. The molecule has 164 valence electrons. The third-order valence-corrected chi connectivity index (χ3v) is 4.89. The quantitative estimate of drug-likeness (QED) is 0.637. The molecule has 0 unspecified atom stereocenters. The fraction of sp³-hybridized carbons (Fsp3) is 0.350. The van der Waals surface area contributed by atoms with Crippen molar-refractivity contribution in [3.63, 3.8) is 0 Å². The van der Waals surface area contributed by atoms with Gasteiger partial charge in [0.25, 0.3) is 0 Å². The lowest BCUT2D eigenvalue weighted by molar-refractivity contribution is -0.140. The molecule has 0 bridgehead atoms. The summed E-state index contributed by atoms with van der Waals surface area (Å²) in [6.07, 6.45) is 0.285. The highest BCUT2D eigenvalue weighted by Gasteiger charge is 2.34. The van der Waals surface area contributed by atoms with Crippen molar-refractivity contribution >= 4 is 41.2 Å². The summed E-state index contributed by atoms with van der Waals surface area (Å²) in [6, 6.07) is 5.21. The van der Waals surface area contributed by atoms with Crippen LogP contribution < -0.4 is 10.6 Å². The van der Waals surface area contributed by atoms with Crippen LogP contribution in [-0.2, 0) is 23.9 Å². The van der Waals surface area contributed by atoms with Gasteiger partial charge in [-0.2, -0.15) is 5.10 Å². The third-order valence-electron chi connectivity index (χ3n) is 4.64. The number of hydrogen-bond acceptors (Lipinski definition) is 7. The molecule has 31 heavy (non-hydrogen) atoms. The molecule has 0 spiro atoms. The molecule has 3 amide bonds. The van der Waals surface area contributed by atoms with Crippen molar-refractivity contribution < 1.29 is 28.7 Å². The molecule has 0 saturated carbocycles. The number of benzene rings is 1. The predicted molar refractivity (Wildman–Crippen MR) is 110 cm³/mol. The van der Waals surface area contributed by atoms with Gasteiger partial charge >= 0.3 is 18.0 Å². The molecule has 0 saturated heterocycles. The number of hydrazone groups is 1. The van der Waals surface area contributed by atoms with E-state index in [1.54, 1.807) is 31.2 Å². The van der Waals surface area contributed by atoms with Crippen LogP contribution in [0.4, 0.5) is 4.79 Å². The average Bonchev–Trinajstić information content (AvgIpc) is 2.74. The van der Waals surface area contributed by atoms with Crippen LogP contribution in [0.2, 0.25) is 5.02 Å². The van der Waals surface area contributed by atoms with E-state index in [0.717, 1.165) is 5.01 Å². The summed E-state index contributed by atoms with van der Waals surface area (Å²) in [5, 5.41) is 10.7. The Labute approximate surface area is 183 Å². The number of amides is 3. The zero-order valence-corrected chi connectivity index (χ0v) is 17.7. The zero-order chi connectivity index (χ0) is 22.5. The first-order valence-electron chi connectivity index (χ1n) is 9.54.